The number of nitro groups is 1. The number of nitro benzene ring substituents is 1. The van der Waals surface area contributed by atoms with E-state index < -0.39 is 14.0 Å². The van der Waals surface area contributed by atoms with Crippen molar-refractivity contribution in [3.63, 3.8) is 0 Å². The van der Waals surface area contributed by atoms with E-state index in [1.54, 1.807) is 22.6 Å². The molecule has 0 fully saturated rings. The van der Waals surface area contributed by atoms with Crippen molar-refractivity contribution in [3.05, 3.63) is 30.3 Å². The van der Waals surface area contributed by atoms with Gasteiger partial charge in [0.25, 0.3) is 14.7 Å². The molecule has 0 saturated heterocycles. The van der Waals surface area contributed by atoms with Gasteiger partial charge >= 0.3 is 0 Å². The lowest BCUT2D eigenvalue weighted by atomic mass is 10.3. The fourth-order valence-electron chi connectivity index (χ4n) is 0.887. The van der Waals surface area contributed by atoms with Gasteiger partial charge in [0, 0.05) is 20.3 Å². The molecule has 5 nitrogen and oxygen atoms in total. The van der Waals surface area contributed by atoms with Crippen LogP contribution in [0.3, 0.4) is 0 Å². The molecular weight excluding hydrogens is 424 g/mol. The van der Waals surface area contributed by atoms with E-state index in [1.807, 2.05) is 0 Å². The van der Waals surface area contributed by atoms with Crippen LogP contribution in [0.25, 0.3) is 0 Å². The summed E-state index contributed by atoms with van der Waals surface area (Å²) in [5.41, 5.74) is -0.338. The van der Waals surface area contributed by atoms with Crippen LogP contribution in [0.5, 0.6) is 0 Å². The van der Waals surface area contributed by atoms with Crippen molar-refractivity contribution in [2.45, 2.75) is 4.90 Å². The largest absolute Gasteiger partial charge is 0.284 e. The highest BCUT2D eigenvalue weighted by atomic mass is 127. The van der Waals surface area contributed by atoms with Gasteiger partial charge in [-0.25, -0.2) is 8.42 Å². The van der Waals surface area contributed by atoms with Crippen molar-refractivity contribution in [1.82, 2.24) is 0 Å². The standard InChI is InChI=1S/C6H2BrClINO4S/c7-5-4(10(11)12)2-1-3(9)6(5)15(8,13)14/h1-2H. The Morgan fingerprint density at radius 2 is 2.00 bits per heavy atom. The van der Waals surface area contributed by atoms with Crippen molar-refractivity contribution < 1.29 is 13.3 Å². The van der Waals surface area contributed by atoms with Crippen LogP contribution >= 0.6 is 49.2 Å². The van der Waals surface area contributed by atoms with Crippen LogP contribution in [-0.4, -0.2) is 13.3 Å². The van der Waals surface area contributed by atoms with Crippen molar-refractivity contribution in [2.24, 2.45) is 0 Å². The predicted octanol–water partition coefficient (Wildman–Crippen LogP) is 2.89. The second-order valence-electron chi connectivity index (χ2n) is 2.40. The zero-order valence-corrected chi connectivity index (χ0v) is 12.1. The molecule has 0 aliphatic carbocycles. The molecule has 1 aromatic rings. The van der Waals surface area contributed by atoms with Gasteiger partial charge in [-0.1, -0.05) is 0 Å². The molecule has 0 saturated carbocycles. The van der Waals surface area contributed by atoms with E-state index in [1.165, 1.54) is 12.1 Å². The van der Waals surface area contributed by atoms with Gasteiger partial charge in [0.05, 0.1) is 4.92 Å². The number of halogens is 3. The fourth-order valence-corrected chi connectivity index (χ4v) is 5.48. The molecule has 0 spiro atoms. The first-order valence-corrected chi connectivity index (χ1v) is 7.50. The zero-order chi connectivity index (χ0) is 11.8. The van der Waals surface area contributed by atoms with Crippen LogP contribution in [-0.2, 0) is 9.05 Å². The highest BCUT2D eigenvalue weighted by Gasteiger charge is 2.25. The molecule has 15 heavy (non-hydrogen) atoms. The van der Waals surface area contributed by atoms with Gasteiger partial charge in [-0.3, -0.25) is 10.1 Å². The average Bonchev–Trinajstić information content (AvgIpc) is 2.00. The third kappa shape index (κ3) is 2.80. The molecule has 0 aliphatic heterocycles. The minimum Gasteiger partial charge on any atom is -0.258 e. The predicted molar refractivity (Wildman–Crippen MR) is 66.6 cm³/mol. The molecule has 82 valence electrons. The summed E-state index contributed by atoms with van der Waals surface area (Å²) >= 11 is 4.59. The number of hydrogen-bond acceptors (Lipinski definition) is 4. The zero-order valence-electron chi connectivity index (χ0n) is 6.78. The summed E-state index contributed by atoms with van der Waals surface area (Å²) in [6.45, 7) is 0. The summed E-state index contributed by atoms with van der Waals surface area (Å²) < 4.78 is 22.5. The van der Waals surface area contributed by atoms with E-state index in [-0.39, 0.29) is 15.1 Å². The van der Waals surface area contributed by atoms with Crippen LogP contribution in [0, 0.1) is 13.7 Å². The Bertz CT molecular complexity index is 532. The lowest BCUT2D eigenvalue weighted by Crippen LogP contribution is -1.99. The average molecular weight is 426 g/mol. The summed E-state index contributed by atoms with van der Waals surface area (Å²) in [5.74, 6) is 0. The highest BCUT2D eigenvalue weighted by molar-refractivity contribution is 14.1. The minimum absolute atomic E-state index is 0.130. The van der Waals surface area contributed by atoms with E-state index in [4.69, 9.17) is 10.7 Å². The van der Waals surface area contributed by atoms with E-state index in [0.717, 1.165) is 0 Å². The molecular formula is C6H2BrClINO4S. The summed E-state index contributed by atoms with van der Waals surface area (Å²) in [7, 11) is 1.15. The Kier molecular flexibility index (Phi) is 3.95. The molecule has 0 N–H and O–H groups in total. The first-order chi connectivity index (χ1) is 6.75. The highest BCUT2D eigenvalue weighted by Crippen LogP contribution is 2.36. The van der Waals surface area contributed by atoms with Gasteiger partial charge in [0.2, 0.25) is 0 Å². The molecule has 0 unspecified atom stereocenters. The van der Waals surface area contributed by atoms with E-state index in [0.29, 0.717) is 3.57 Å². The maximum absolute atomic E-state index is 11.2. The van der Waals surface area contributed by atoms with Gasteiger partial charge in [0.15, 0.2) is 0 Å². The molecule has 1 rings (SSSR count). The lowest BCUT2D eigenvalue weighted by Gasteiger charge is -2.03. The second kappa shape index (κ2) is 4.52. The molecule has 0 amide bonds. The number of hydrogen-bond donors (Lipinski definition) is 0. The van der Waals surface area contributed by atoms with Gasteiger partial charge < -0.3 is 0 Å². The van der Waals surface area contributed by atoms with E-state index in [2.05, 4.69) is 15.9 Å². The maximum atomic E-state index is 11.2. The smallest absolute Gasteiger partial charge is 0.258 e. The van der Waals surface area contributed by atoms with E-state index in [9.17, 15) is 18.5 Å². The summed E-state index contributed by atoms with van der Waals surface area (Å²) in [6, 6.07) is 2.52. The minimum atomic E-state index is -4.01. The summed E-state index contributed by atoms with van der Waals surface area (Å²) in [4.78, 5) is 9.58. The van der Waals surface area contributed by atoms with Crippen LogP contribution in [0.4, 0.5) is 5.69 Å². The number of benzene rings is 1. The van der Waals surface area contributed by atoms with Gasteiger partial charge in [-0.15, -0.1) is 0 Å². The Morgan fingerprint density at radius 3 is 2.40 bits per heavy atom. The Morgan fingerprint density at radius 1 is 1.47 bits per heavy atom. The Hall–Kier alpha value is 0.0700. The maximum Gasteiger partial charge on any atom is 0.284 e. The van der Waals surface area contributed by atoms with Gasteiger partial charge in [-0.2, -0.15) is 0 Å². The van der Waals surface area contributed by atoms with Crippen LogP contribution in [0.1, 0.15) is 0 Å². The summed E-state index contributed by atoms with van der Waals surface area (Å²) in [6.07, 6.45) is 0. The van der Waals surface area contributed by atoms with Crippen molar-refractivity contribution in [2.75, 3.05) is 0 Å². The topological polar surface area (TPSA) is 77.3 Å². The fraction of sp³-hybridized carbons (Fsp3) is 0. The monoisotopic (exact) mass is 425 g/mol. The van der Waals surface area contributed by atoms with Gasteiger partial charge in [0.1, 0.15) is 9.37 Å². The van der Waals surface area contributed by atoms with Gasteiger partial charge in [-0.05, 0) is 44.6 Å². The third-order valence-electron chi connectivity index (χ3n) is 1.47. The van der Waals surface area contributed by atoms with Crippen LogP contribution in [0.2, 0.25) is 0 Å². The molecule has 0 bridgehead atoms. The Labute approximate surface area is 112 Å². The van der Waals surface area contributed by atoms with Crippen molar-refractivity contribution in [3.8, 4) is 0 Å². The van der Waals surface area contributed by atoms with Crippen molar-refractivity contribution in [1.29, 1.82) is 0 Å². The molecule has 0 aliphatic rings. The van der Waals surface area contributed by atoms with Crippen LogP contribution < -0.4 is 0 Å². The van der Waals surface area contributed by atoms with Crippen LogP contribution in [0.15, 0.2) is 21.5 Å². The van der Waals surface area contributed by atoms with E-state index >= 15 is 0 Å². The molecule has 0 atom stereocenters. The SMILES string of the molecule is O=[N+]([O-])c1ccc(I)c(S(=O)(=O)Cl)c1Br. The second-order valence-corrected chi connectivity index (χ2v) is 6.86. The first kappa shape index (κ1) is 13.1. The Balaban J connectivity index is 3.66. The van der Waals surface area contributed by atoms with Crippen molar-refractivity contribution >= 4 is 63.9 Å². The molecule has 0 heterocycles. The quantitative estimate of drug-likeness (QED) is 0.315. The summed E-state index contributed by atoms with van der Waals surface area (Å²) in [5, 5.41) is 10.5. The lowest BCUT2D eigenvalue weighted by molar-refractivity contribution is -0.385. The molecule has 0 aromatic heterocycles. The normalized spacial score (nSPS) is 11.4. The third-order valence-corrected chi connectivity index (χ3v) is 5.17. The first-order valence-electron chi connectivity index (χ1n) is 3.32. The molecule has 0 radical (unpaired) electrons. The molecule has 1 aromatic carbocycles. The number of rotatable bonds is 2. The molecule has 9 heteroatoms. The number of nitrogens with zero attached hydrogens (tertiary/aromatic N) is 1.